The van der Waals surface area contributed by atoms with Crippen LogP contribution in [-0.2, 0) is 22.6 Å². The van der Waals surface area contributed by atoms with Crippen molar-refractivity contribution in [2.45, 2.75) is 13.0 Å². The zero-order valence-electron chi connectivity index (χ0n) is 17.1. The van der Waals surface area contributed by atoms with Gasteiger partial charge in [-0.25, -0.2) is 9.97 Å². The lowest BCUT2D eigenvalue weighted by molar-refractivity contribution is -0.143. The maximum absolute atomic E-state index is 12.6. The van der Waals surface area contributed by atoms with E-state index in [1.807, 2.05) is 0 Å². The third-order valence-electron chi connectivity index (χ3n) is 4.82. The summed E-state index contributed by atoms with van der Waals surface area (Å²) in [5, 5.41) is 5.56. The van der Waals surface area contributed by atoms with Crippen LogP contribution >= 0.6 is 11.3 Å². The summed E-state index contributed by atoms with van der Waals surface area (Å²) in [6.45, 7) is 0.539. The van der Waals surface area contributed by atoms with Gasteiger partial charge in [0.15, 0.2) is 5.01 Å². The second kappa shape index (κ2) is 9.02. The molecule has 0 radical (unpaired) electrons. The Hall–Kier alpha value is -3.99. The maximum Gasteiger partial charge on any atom is 0.313 e. The summed E-state index contributed by atoms with van der Waals surface area (Å²) in [4.78, 5) is 48.2. The number of hydrogen-bond donors (Lipinski definition) is 3. The lowest BCUT2D eigenvalue weighted by Gasteiger charge is -2.25. The van der Waals surface area contributed by atoms with Gasteiger partial charge in [-0.2, -0.15) is 0 Å². The van der Waals surface area contributed by atoms with Crippen molar-refractivity contribution in [3.05, 3.63) is 58.2 Å². The van der Waals surface area contributed by atoms with E-state index in [2.05, 4.69) is 20.6 Å². The molecular formula is C21H20N6O4S. The number of ether oxygens (including phenoxy) is 1. The topological polar surface area (TPSA) is 140 Å². The van der Waals surface area contributed by atoms with E-state index in [4.69, 9.17) is 10.5 Å². The first-order valence-electron chi connectivity index (χ1n) is 9.69. The number of nitrogens with zero attached hydrogens (tertiary/aromatic N) is 3. The molecule has 0 saturated heterocycles. The van der Waals surface area contributed by atoms with Crippen molar-refractivity contribution in [2.75, 3.05) is 30.0 Å². The van der Waals surface area contributed by atoms with Crippen LogP contribution < -0.4 is 21.1 Å². The fourth-order valence-electron chi connectivity index (χ4n) is 3.16. The molecule has 4 N–H and O–H groups in total. The van der Waals surface area contributed by atoms with Crippen molar-refractivity contribution >= 4 is 46.1 Å². The summed E-state index contributed by atoms with van der Waals surface area (Å²) in [7, 11) is 1.49. The third-order valence-corrected chi connectivity index (χ3v) is 5.90. The number of carbonyl (C=O) groups excluding carboxylic acids is 3. The first kappa shape index (κ1) is 21.2. The Morgan fingerprint density at radius 3 is 2.69 bits per heavy atom. The largest absolute Gasteiger partial charge is 0.481 e. The number of amides is 3. The number of thiazole rings is 1. The number of pyridine rings is 1. The number of nitrogens with one attached hydrogen (secondary N) is 2. The van der Waals surface area contributed by atoms with Gasteiger partial charge in [-0.05, 0) is 18.2 Å². The van der Waals surface area contributed by atoms with Crippen LogP contribution in [0.4, 0.5) is 17.1 Å². The number of rotatable bonds is 4. The first-order valence-corrected chi connectivity index (χ1v) is 10.5. The van der Waals surface area contributed by atoms with Crippen molar-refractivity contribution in [1.82, 2.24) is 14.9 Å². The molecule has 164 valence electrons. The average molecular weight is 452 g/mol. The number of anilines is 3. The van der Waals surface area contributed by atoms with E-state index in [-0.39, 0.29) is 17.5 Å². The predicted octanol–water partition coefficient (Wildman–Crippen LogP) is 1.90. The van der Waals surface area contributed by atoms with Crippen molar-refractivity contribution in [2.24, 2.45) is 0 Å². The first-order chi connectivity index (χ1) is 15.4. The molecule has 0 spiro atoms. The van der Waals surface area contributed by atoms with Gasteiger partial charge in [0, 0.05) is 23.9 Å². The zero-order valence-corrected chi connectivity index (χ0v) is 17.9. The van der Waals surface area contributed by atoms with Gasteiger partial charge in [-0.15, -0.1) is 11.3 Å². The van der Waals surface area contributed by atoms with Crippen LogP contribution in [0.2, 0.25) is 0 Å². The number of benzene rings is 1. The minimum Gasteiger partial charge on any atom is -0.481 e. The molecule has 1 aliphatic heterocycles. The summed E-state index contributed by atoms with van der Waals surface area (Å²) < 4.78 is 4.97. The highest BCUT2D eigenvalue weighted by molar-refractivity contribution is 7.13. The van der Waals surface area contributed by atoms with E-state index in [9.17, 15) is 14.4 Å². The van der Waals surface area contributed by atoms with E-state index in [1.165, 1.54) is 29.5 Å². The van der Waals surface area contributed by atoms with Crippen LogP contribution in [-0.4, -0.2) is 46.2 Å². The van der Waals surface area contributed by atoms with Gasteiger partial charge >= 0.3 is 11.8 Å². The van der Waals surface area contributed by atoms with Crippen LogP contribution in [0.3, 0.4) is 0 Å². The maximum atomic E-state index is 12.6. The number of carbonyl (C=O) groups is 3. The Kier molecular flexibility index (Phi) is 5.99. The SMILES string of the molecule is COc1ccc(NC(=O)C(=O)N2CCc3nc(C(=O)Nc4ccccc4N)sc3C2)cn1. The summed E-state index contributed by atoms with van der Waals surface area (Å²) in [5.74, 6) is -1.40. The third kappa shape index (κ3) is 4.52. The van der Waals surface area contributed by atoms with Crippen LogP contribution in [0.15, 0.2) is 42.6 Å². The molecule has 0 unspecified atom stereocenters. The summed E-state index contributed by atoms with van der Waals surface area (Å²) in [6.07, 6.45) is 1.86. The fraction of sp³-hybridized carbons (Fsp3) is 0.190. The minimum absolute atomic E-state index is 0.209. The number of nitrogens with two attached hydrogens (primary N) is 1. The van der Waals surface area contributed by atoms with E-state index < -0.39 is 11.8 Å². The second-order valence-corrected chi connectivity index (χ2v) is 8.03. The molecule has 0 bridgehead atoms. The molecule has 3 aromatic rings. The van der Waals surface area contributed by atoms with Gasteiger partial charge in [-0.1, -0.05) is 12.1 Å². The molecule has 3 heterocycles. The molecule has 1 aromatic carbocycles. The van der Waals surface area contributed by atoms with Crippen LogP contribution in [0.1, 0.15) is 20.4 Å². The molecular weight excluding hydrogens is 432 g/mol. The van der Waals surface area contributed by atoms with Gasteiger partial charge in [0.25, 0.3) is 5.91 Å². The normalized spacial score (nSPS) is 12.6. The molecule has 32 heavy (non-hydrogen) atoms. The number of hydrogen-bond acceptors (Lipinski definition) is 8. The molecule has 3 amide bonds. The molecule has 10 nitrogen and oxygen atoms in total. The van der Waals surface area contributed by atoms with Gasteiger partial charge < -0.3 is 26.0 Å². The minimum atomic E-state index is -0.762. The van der Waals surface area contributed by atoms with Crippen LogP contribution in [0.25, 0.3) is 0 Å². The van der Waals surface area contributed by atoms with Crippen molar-refractivity contribution in [3.8, 4) is 5.88 Å². The number of aromatic nitrogens is 2. The van der Waals surface area contributed by atoms with E-state index in [1.54, 1.807) is 36.4 Å². The fourth-order valence-corrected chi connectivity index (χ4v) is 4.17. The Bertz CT molecular complexity index is 1180. The molecule has 0 saturated carbocycles. The second-order valence-electron chi connectivity index (χ2n) is 6.95. The highest BCUT2D eigenvalue weighted by atomic mass is 32.1. The van der Waals surface area contributed by atoms with Gasteiger partial charge in [0.05, 0.1) is 42.6 Å². The molecule has 2 aromatic heterocycles. The monoisotopic (exact) mass is 452 g/mol. The Morgan fingerprint density at radius 2 is 1.97 bits per heavy atom. The van der Waals surface area contributed by atoms with Gasteiger partial charge in [-0.3, -0.25) is 14.4 Å². The molecule has 4 rings (SSSR count). The molecule has 11 heteroatoms. The number of nitrogen functional groups attached to an aromatic ring is 1. The summed E-state index contributed by atoms with van der Waals surface area (Å²) >= 11 is 1.20. The Morgan fingerprint density at radius 1 is 1.16 bits per heavy atom. The predicted molar refractivity (Wildman–Crippen MR) is 119 cm³/mol. The molecule has 0 atom stereocenters. The zero-order chi connectivity index (χ0) is 22.7. The number of methoxy groups -OCH3 is 1. The summed E-state index contributed by atoms with van der Waals surface area (Å²) in [5.41, 5.74) is 7.97. The smallest absolute Gasteiger partial charge is 0.313 e. The number of para-hydroxylation sites is 2. The Labute approximate surface area is 187 Å². The van der Waals surface area contributed by atoms with E-state index in [0.29, 0.717) is 35.9 Å². The van der Waals surface area contributed by atoms with Crippen molar-refractivity contribution in [3.63, 3.8) is 0 Å². The van der Waals surface area contributed by atoms with Crippen molar-refractivity contribution < 1.29 is 19.1 Å². The molecule has 0 fully saturated rings. The van der Waals surface area contributed by atoms with Gasteiger partial charge in [0.1, 0.15) is 0 Å². The Balaban J connectivity index is 1.40. The lowest BCUT2D eigenvalue weighted by Crippen LogP contribution is -2.42. The standard InChI is InChI=1S/C21H20N6O4S/c1-31-17-7-6-12(10-23-17)24-19(29)21(30)27-9-8-15-16(11-27)32-20(26-15)18(28)25-14-5-3-2-4-13(14)22/h2-7,10H,8-9,11,22H2,1H3,(H,24,29)(H,25,28). The molecule has 0 aliphatic carbocycles. The van der Waals surface area contributed by atoms with Crippen molar-refractivity contribution in [1.29, 1.82) is 0 Å². The lowest BCUT2D eigenvalue weighted by atomic mass is 10.2. The van der Waals surface area contributed by atoms with Crippen LogP contribution in [0, 0.1) is 0 Å². The summed E-state index contributed by atoms with van der Waals surface area (Å²) in [6, 6.07) is 10.1. The van der Waals surface area contributed by atoms with Gasteiger partial charge in [0.2, 0.25) is 5.88 Å². The van der Waals surface area contributed by atoms with E-state index in [0.717, 1.165) is 10.6 Å². The quantitative estimate of drug-likeness (QED) is 0.406. The highest BCUT2D eigenvalue weighted by Crippen LogP contribution is 2.27. The van der Waals surface area contributed by atoms with Crippen LogP contribution in [0.5, 0.6) is 5.88 Å². The van der Waals surface area contributed by atoms with E-state index >= 15 is 0 Å². The molecule has 1 aliphatic rings. The average Bonchev–Trinajstić information content (AvgIpc) is 3.24. The highest BCUT2D eigenvalue weighted by Gasteiger charge is 2.29. The number of fused-ring (bicyclic) bond motifs is 1.